The van der Waals surface area contributed by atoms with Crippen LogP contribution >= 0.6 is 0 Å². The van der Waals surface area contributed by atoms with Crippen LogP contribution in [0.2, 0.25) is 0 Å². The highest BCUT2D eigenvalue weighted by Crippen LogP contribution is 2.09. The van der Waals surface area contributed by atoms with E-state index in [9.17, 15) is 14.4 Å². The highest BCUT2D eigenvalue weighted by molar-refractivity contribution is 5.86. The smallest absolute Gasteiger partial charge is 0.333 e. The molecule has 0 aliphatic rings. The third kappa shape index (κ3) is 11.1. The van der Waals surface area contributed by atoms with Gasteiger partial charge in [0.2, 0.25) is 0 Å². The second kappa shape index (κ2) is 13.5. The molecule has 160 valence electrons. The Morgan fingerprint density at radius 2 is 1.55 bits per heavy atom. The lowest BCUT2D eigenvalue weighted by Gasteiger charge is -2.13. The fraction of sp³-hybridized carbons (Fsp3) is 0.522. The van der Waals surface area contributed by atoms with Crippen LogP contribution in [0.15, 0.2) is 36.4 Å². The van der Waals surface area contributed by atoms with E-state index in [2.05, 4.69) is 37.8 Å². The van der Waals surface area contributed by atoms with Crippen LogP contribution in [-0.4, -0.2) is 37.2 Å². The summed E-state index contributed by atoms with van der Waals surface area (Å²) >= 11 is 0. The summed E-state index contributed by atoms with van der Waals surface area (Å²) < 4.78 is 15.2. The summed E-state index contributed by atoms with van der Waals surface area (Å²) in [5.74, 6) is -1.52. The van der Waals surface area contributed by atoms with Gasteiger partial charge in [-0.1, -0.05) is 44.2 Å². The maximum absolute atomic E-state index is 11.8. The first-order valence-electron chi connectivity index (χ1n) is 10.1. The van der Waals surface area contributed by atoms with Crippen LogP contribution < -0.4 is 0 Å². The first kappa shape index (κ1) is 24.4. The van der Waals surface area contributed by atoms with Gasteiger partial charge in [0.05, 0.1) is 19.4 Å². The van der Waals surface area contributed by atoms with Crippen molar-refractivity contribution < 1.29 is 28.6 Å². The molecule has 1 aromatic carbocycles. The zero-order chi connectivity index (χ0) is 21.6. The van der Waals surface area contributed by atoms with Gasteiger partial charge in [-0.2, -0.15) is 0 Å². The van der Waals surface area contributed by atoms with Crippen molar-refractivity contribution in [3.05, 3.63) is 47.5 Å². The van der Waals surface area contributed by atoms with Crippen molar-refractivity contribution in [1.82, 2.24) is 0 Å². The highest BCUT2D eigenvalue weighted by atomic mass is 16.6. The van der Waals surface area contributed by atoms with Gasteiger partial charge in [-0.25, -0.2) is 4.79 Å². The number of hydrogen-bond acceptors (Lipinski definition) is 6. The standard InChI is InChI=1S/C23H32O6/c1-5-6-7-19-8-10-20(11-9-19)14-15-27-21(24)12-13-22(25)29-18(4)16-28-23(26)17(2)3/h8-11,18H,2,5-7,12-16H2,1,3-4H3. The van der Waals surface area contributed by atoms with Gasteiger partial charge in [-0.3, -0.25) is 9.59 Å². The second-order valence-corrected chi connectivity index (χ2v) is 7.07. The van der Waals surface area contributed by atoms with Crippen LogP contribution in [0.5, 0.6) is 0 Å². The van der Waals surface area contributed by atoms with E-state index in [0.29, 0.717) is 6.42 Å². The number of carbonyl (C=O) groups is 3. The molecule has 1 unspecified atom stereocenters. The Morgan fingerprint density at radius 1 is 0.966 bits per heavy atom. The fourth-order valence-corrected chi connectivity index (χ4v) is 2.45. The molecule has 0 fully saturated rings. The summed E-state index contributed by atoms with van der Waals surface area (Å²) in [4.78, 5) is 34.8. The molecule has 0 aliphatic carbocycles. The minimum absolute atomic E-state index is 0.0485. The van der Waals surface area contributed by atoms with E-state index in [4.69, 9.17) is 14.2 Å². The Kier molecular flexibility index (Phi) is 11.4. The zero-order valence-electron chi connectivity index (χ0n) is 17.7. The Morgan fingerprint density at radius 3 is 2.14 bits per heavy atom. The summed E-state index contributed by atoms with van der Waals surface area (Å²) in [5, 5.41) is 0. The molecule has 0 radical (unpaired) electrons. The maximum atomic E-state index is 11.8. The molecule has 6 heteroatoms. The minimum Gasteiger partial charge on any atom is -0.465 e. The zero-order valence-corrected chi connectivity index (χ0v) is 17.7. The molecule has 29 heavy (non-hydrogen) atoms. The molecule has 0 N–H and O–H groups in total. The lowest BCUT2D eigenvalue weighted by Crippen LogP contribution is -2.23. The predicted octanol–water partition coefficient (Wildman–Crippen LogP) is 3.95. The lowest BCUT2D eigenvalue weighted by molar-refractivity contribution is -0.158. The van der Waals surface area contributed by atoms with Crippen LogP contribution in [-0.2, 0) is 41.4 Å². The van der Waals surface area contributed by atoms with Gasteiger partial charge in [0, 0.05) is 12.0 Å². The van der Waals surface area contributed by atoms with Crippen LogP contribution in [0.1, 0.15) is 57.6 Å². The van der Waals surface area contributed by atoms with Crippen molar-refractivity contribution in [2.24, 2.45) is 0 Å². The molecule has 0 bridgehead atoms. The average Bonchev–Trinajstić information content (AvgIpc) is 2.69. The molecule has 0 heterocycles. The minimum atomic E-state index is -0.595. The third-order valence-corrected chi connectivity index (χ3v) is 4.16. The number of carbonyl (C=O) groups excluding carboxylic acids is 3. The summed E-state index contributed by atoms with van der Waals surface area (Å²) in [6.07, 6.45) is 3.34. The largest absolute Gasteiger partial charge is 0.465 e. The van der Waals surface area contributed by atoms with Gasteiger partial charge in [0.15, 0.2) is 0 Å². The maximum Gasteiger partial charge on any atom is 0.333 e. The first-order chi connectivity index (χ1) is 13.8. The summed E-state index contributed by atoms with van der Waals surface area (Å²) in [6, 6.07) is 8.33. The molecule has 0 saturated carbocycles. The SMILES string of the molecule is C=C(C)C(=O)OCC(C)OC(=O)CCC(=O)OCCc1ccc(CCCC)cc1. The van der Waals surface area contributed by atoms with Crippen LogP contribution in [0, 0.1) is 0 Å². The number of ether oxygens (including phenoxy) is 3. The van der Waals surface area contributed by atoms with Gasteiger partial charge in [0.1, 0.15) is 12.7 Å². The summed E-state index contributed by atoms with van der Waals surface area (Å²) in [7, 11) is 0. The van der Waals surface area contributed by atoms with Gasteiger partial charge >= 0.3 is 17.9 Å². The lowest BCUT2D eigenvalue weighted by atomic mass is 10.1. The average molecular weight is 405 g/mol. The molecule has 0 amide bonds. The molecule has 0 aliphatic heterocycles. The fourth-order valence-electron chi connectivity index (χ4n) is 2.45. The molecular formula is C23H32O6. The van der Waals surface area contributed by atoms with Crippen LogP contribution in [0.3, 0.4) is 0 Å². The summed E-state index contributed by atoms with van der Waals surface area (Å²) in [6.45, 7) is 9.00. The number of aryl methyl sites for hydroxylation is 1. The van der Waals surface area contributed by atoms with Crippen molar-refractivity contribution in [3.8, 4) is 0 Å². The molecular weight excluding hydrogens is 372 g/mol. The molecule has 1 aromatic rings. The number of rotatable bonds is 13. The number of unbranched alkanes of at least 4 members (excludes halogenated alkanes) is 1. The number of esters is 3. The topological polar surface area (TPSA) is 78.9 Å². The number of hydrogen-bond donors (Lipinski definition) is 0. The van der Waals surface area contributed by atoms with Gasteiger partial charge in [0.25, 0.3) is 0 Å². The van der Waals surface area contributed by atoms with E-state index in [-0.39, 0.29) is 31.6 Å². The van der Waals surface area contributed by atoms with Gasteiger partial charge < -0.3 is 14.2 Å². The van der Waals surface area contributed by atoms with Gasteiger partial charge in [-0.05, 0) is 37.8 Å². The van der Waals surface area contributed by atoms with E-state index in [1.165, 1.54) is 25.3 Å². The van der Waals surface area contributed by atoms with Crippen LogP contribution in [0.4, 0.5) is 0 Å². The Balaban J connectivity index is 2.18. The molecule has 1 atom stereocenters. The van der Waals surface area contributed by atoms with Crippen molar-refractivity contribution in [2.75, 3.05) is 13.2 Å². The highest BCUT2D eigenvalue weighted by Gasteiger charge is 2.14. The predicted molar refractivity (Wildman–Crippen MR) is 110 cm³/mol. The third-order valence-electron chi connectivity index (χ3n) is 4.16. The van der Waals surface area contributed by atoms with E-state index in [0.717, 1.165) is 12.0 Å². The quantitative estimate of drug-likeness (QED) is 0.281. The number of benzene rings is 1. The normalized spacial score (nSPS) is 11.4. The van der Waals surface area contributed by atoms with E-state index < -0.39 is 24.0 Å². The Bertz CT molecular complexity index is 677. The summed E-state index contributed by atoms with van der Waals surface area (Å²) in [5.41, 5.74) is 2.70. The van der Waals surface area contributed by atoms with Crippen molar-refractivity contribution >= 4 is 17.9 Å². The van der Waals surface area contributed by atoms with E-state index in [1.54, 1.807) is 6.92 Å². The monoisotopic (exact) mass is 404 g/mol. The van der Waals surface area contributed by atoms with Crippen molar-refractivity contribution in [3.63, 3.8) is 0 Å². The van der Waals surface area contributed by atoms with E-state index in [1.807, 2.05) is 0 Å². The molecule has 1 rings (SSSR count). The van der Waals surface area contributed by atoms with Crippen molar-refractivity contribution in [1.29, 1.82) is 0 Å². The van der Waals surface area contributed by atoms with Crippen LogP contribution in [0.25, 0.3) is 0 Å². The van der Waals surface area contributed by atoms with Gasteiger partial charge in [-0.15, -0.1) is 0 Å². The van der Waals surface area contributed by atoms with Crippen molar-refractivity contribution in [2.45, 2.75) is 65.4 Å². The molecule has 0 spiro atoms. The van der Waals surface area contributed by atoms with E-state index >= 15 is 0 Å². The second-order valence-electron chi connectivity index (χ2n) is 7.07. The Hall–Kier alpha value is -2.63. The molecule has 6 nitrogen and oxygen atoms in total. The molecule has 0 saturated heterocycles. The Labute approximate surface area is 173 Å². The molecule has 0 aromatic heterocycles. The first-order valence-corrected chi connectivity index (χ1v) is 10.1.